The van der Waals surface area contributed by atoms with Gasteiger partial charge in [-0.2, -0.15) is 18.3 Å². The molecule has 40 heavy (non-hydrogen) atoms. The summed E-state index contributed by atoms with van der Waals surface area (Å²) in [7, 11) is 2.06. The number of nitrogens with one attached hydrogen (secondary N) is 4. The summed E-state index contributed by atoms with van der Waals surface area (Å²) in [5, 5.41) is 13.8. The van der Waals surface area contributed by atoms with E-state index in [0.717, 1.165) is 48.8 Å². The lowest BCUT2D eigenvalue weighted by Gasteiger charge is -2.35. The molecular formula is C28H27F3N8O. The predicted molar refractivity (Wildman–Crippen MR) is 149 cm³/mol. The maximum Gasteiger partial charge on any atom is 0.416 e. The fraction of sp³-hybridized carbons (Fsp3) is 0.250. The van der Waals surface area contributed by atoms with Crippen LogP contribution < -0.4 is 15.5 Å². The number of benzene rings is 3. The van der Waals surface area contributed by atoms with E-state index < -0.39 is 11.7 Å². The summed E-state index contributed by atoms with van der Waals surface area (Å²) < 4.78 is 40.3. The first-order valence-electron chi connectivity index (χ1n) is 12.9. The van der Waals surface area contributed by atoms with Gasteiger partial charge in [-0.1, -0.05) is 18.2 Å². The van der Waals surface area contributed by atoms with Crippen LogP contribution in [-0.4, -0.2) is 64.2 Å². The number of piperazine rings is 1. The number of anilines is 3. The Labute approximate surface area is 227 Å². The fourth-order valence-corrected chi connectivity index (χ4v) is 4.96. The molecule has 0 radical (unpaired) electrons. The Morgan fingerprint density at radius 2 is 1.82 bits per heavy atom. The monoisotopic (exact) mass is 548 g/mol. The summed E-state index contributed by atoms with van der Waals surface area (Å²) in [5.41, 5.74) is 3.28. The summed E-state index contributed by atoms with van der Waals surface area (Å²) >= 11 is 0. The number of hydrogen-bond acceptors (Lipinski definition) is 6. The van der Waals surface area contributed by atoms with Crippen LogP contribution in [0.25, 0.3) is 21.9 Å². The van der Waals surface area contributed by atoms with E-state index in [0.29, 0.717) is 28.2 Å². The Morgan fingerprint density at radius 1 is 1.02 bits per heavy atom. The quantitative estimate of drug-likeness (QED) is 0.236. The number of aromatic nitrogens is 4. The average Bonchev–Trinajstić information content (AvgIpc) is 3.57. The van der Waals surface area contributed by atoms with E-state index in [1.807, 2.05) is 24.3 Å². The van der Waals surface area contributed by atoms with E-state index in [1.165, 1.54) is 12.1 Å². The highest BCUT2D eigenvalue weighted by atomic mass is 19.4. The van der Waals surface area contributed by atoms with Gasteiger partial charge in [0.2, 0.25) is 5.95 Å². The number of rotatable bonds is 6. The van der Waals surface area contributed by atoms with Crippen molar-refractivity contribution in [2.45, 2.75) is 12.7 Å². The molecule has 0 bridgehead atoms. The van der Waals surface area contributed by atoms with E-state index in [2.05, 4.69) is 47.6 Å². The zero-order chi connectivity index (χ0) is 27.9. The van der Waals surface area contributed by atoms with E-state index in [-0.39, 0.29) is 18.0 Å². The molecule has 3 aromatic carbocycles. The number of fused-ring (bicyclic) bond motifs is 2. The lowest BCUT2D eigenvalue weighted by molar-refractivity contribution is -0.138. The van der Waals surface area contributed by atoms with Crippen LogP contribution in [0.3, 0.4) is 0 Å². The van der Waals surface area contributed by atoms with Gasteiger partial charge in [-0.15, -0.1) is 0 Å². The summed E-state index contributed by atoms with van der Waals surface area (Å²) in [5.74, 6) is 0.0384. The van der Waals surface area contributed by atoms with Crippen molar-refractivity contribution < 1.29 is 18.0 Å². The number of alkyl halides is 3. The molecule has 1 saturated heterocycles. The Balaban J connectivity index is 1.31. The zero-order valence-electron chi connectivity index (χ0n) is 21.6. The van der Waals surface area contributed by atoms with Gasteiger partial charge in [-0.05, 0) is 49.0 Å². The minimum absolute atomic E-state index is 0.0652. The van der Waals surface area contributed by atoms with Crippen molar-refractivity contribution >= 4 is 45.2 Å². The topological polar surface area (TPSA) is 105 Å². The van der Waals surface area contributed by atoms with Crippen LogP contribution in [0, 0.1) is 0 Å². The normalized spacial score (nSPS) is 14.7. The van der Waals surface area contributed by atoms with Crippen LogP contribution in [0.2, 0.25) is 0 Å². The van der Waals surface area contributed by atoms with Gasteiger partial charge in [-0.25, -0.2) is 4.98 Å². The molecule has 2 aromatic heterocycles. The minimum atomic E-state index is -4.45. The molecule has 9 nitrogen and oxygen atoms in total. The molecule has 0 unspecified atom stereocenters. The molecule has 0 saturated carbocycles. The molecule has 1 aliphatic heterocycles. The summed E-state index contributed by atoms with van der Waals surface area (Å²) in [4.78, 5) is 25.7. The van der Waals surface area contributed by atoms with E-state index in [4.69, 9.17) is 0 Å². The minimum Gasteiger partial charge on any atom is -0.368 e. The van der Waals surface area contributed by atoms with Crippen molar-refractivity contribution in [3.63, 3.8) is 0 Å². The fourth-order valence-electron chi connectivity index (χ4n) is 4.96. The highest BCUT2D eigenvalue weighted by molar-refractivity contribution is 6.11. The first-order chi connectivity index (χ1) is 19.2. The number of H-pyrrole nitrogens is 2. The molecule has 1 aliphatic rings. The maximum atomic E-state index is 13.6. The van der Waals surface area contributed by atoms with Crippen molar-refractivity contribution in [1.29, 1.82) is 0 Å². The molecule has 4 N–H and O–H groups in total. The largest absolute Gasteiger partial charge is 0.416 e. The van der Waals surface area contributed by atoms with Crippen LogP contribution in [0.15, 0.2) is 60.8 Å². The zero-order valence-corrected chi connectivity index (χ0v) is 21.6. The van der Waals surface area contributed by atoms with Gasteiger partial charge in [0.05, 0.1) is 39.6 Å². The molecule has 0 atom stereocenters. The lowest BCUT2D eigenvalue weighted by atomic mass is 10.1. The van der Waals surface area contributed by atoms with Gasteiger partial charge < -0.3 is 25.4 Å². The maximum absolute atomic E-state index is 13.6. The molecule has 12 heteroatoms. The molecule has 0 aliphatic carbocycles. The van der Waals surface area contributed by atoms with E-state index in [1.54, 1.807) is 18.3 Å². The average molecular weight is 549 g/mol. The third-order valence-corrected chi connectivity index (χ3v) is 7.16. The number of aromatic amines is 2. The summed E-state index contributed by atoms with van der Waals surface area (Å²) in [6, 6.07) is 14.6. The smallest absolute Gasteiger partial charge is 0.368 e. The number of carbonyl (C=O) groups is 1. The second kappa shape index (κ2) is 10.2. The molecule has 0 spiro atoms. The van der Waals surface area contributed by atoms with Crippen LogP contribution in [-0.2, 0) is 12.7 Å². The van der Waals surface area contributed by atoms with Gasteiger partial charge in [0.1, 0.15) is 0 Å². The Morgan fingerprint density at radius 3 is 2.62 bits per heavy atom. The number of nitrogens with zero attached hydrogens (tertiary/aromatic N) is 4. The van der Waals surface area contributed by atoms with Crippen molar-refractivity contribution in [1.82, 2.24) is 25.1 Å². The number of halogens is 3. The SMILES string of the molecule is CN1CCN(c2cc3nc(NCc4ccccc4C(F)(F)F)[nH]c3cc2C(=O)Nc2ccc3cn[nH]c3c2)CC1. The first-order valence-corrected chi connectivity index (χ1v) is 12.9. The van der Waals surface area contributed by atoms with Crippen LogP contribution in [0.5, 0.6) is 0 Å². The molecule has 3 heterocycles. The number of hydrogen-bond donors (Lipinski definition) is 4. The second-order valence-corrected chi connectivity index (χ2v) is 9.90. The van der Waals surface area contributed by atoms with E-state index in [9.17, 15) is 18.0 Å². The van der Waals surface area contributed by atoms with Crippen molar-refractivity contribution in [2.24, 2.45) is 0 Å². The number of amides is 1. The van der Waals surface area contributed by atoms with Crippen LogP contribution in [0.4, 0.5) is 30.5 Å². The summed E-state index contributed by atoms with van der Waals surface area (Å²) in [6.45, 7) is 3.12. The van der Waals surface area contributed by atoms with Gasteiger partial charge in [0.15, 0.2) is 0 Å². The third-order valence-electron chi connectivity index (χ3n) is 7.16. The molecule has 6 rings (SSSR count). The van der Waals surface area contributed by atoms with Gasteiger partial charge in [-0.3, -0.25) is 9.89 Å². The Kier molecular flexibility index (Phi) is 6.54. The second-order valence-electron chi connectivity index (χ2n) is 9.90. The highest BCUT2D eigenvalue weighted by Gasteiger charge is 2.32. The molecule has 1 fully saturated rings. The van der Waals surface area contributed by atoms with Crippen LogP contribution >= 0.6 is 0 Å². The lowest BCUT2D eigenvalue weighted by Crippen LogP contribution is -2.45. The molecule has 1 amide bonds. The van der Waals surface area contributed by atoms with Crippen molar-refractivity contribution in [3.8, 4) is 0 Å². The number of likely N-dealkylation sites (N-methyl/N-ethyl adjacent to an activating group) is 1. The summed E-state index contributed by atoms with van der Waals surface area (Å²) in [6.07, 6.45) is -2.74. The van der Waals surface area contributed by atoms with Gasteiger partial charge >= 0.3 is 6.18 Å². The Bertz CT molecular complexity index is 1680. The first kappa shape index (κ1) is 25.7. The van der Waals surface area contributed by atoms with E-state index >= 15 is 0 Å². The number of carbonyl (C=O) groups excluding carboxylic acids is 1. The van der Waals surface area contributed by atoms with Crippen molar-refractivity contribution in [2.75, 3.05) is 48.8 Å². The standard InChI is InChI=1S/C28H27F3N8O/c1-38-8-10-39(11-9-38)25-14-24-23(13-20(25)26(40)34-19-7-6-18-16-33-37-22(18)12-19)35-27(36-24)32-15-17-4-2-3-5-21(17)28(29,30)31/h2-7,12-14,16H,8-11,15H2,1H3,(H,33,37)(H,34,40)(H2,32,35,36). The van der Waals surface area contributed by atoms with Crippen LogP contribution in [0.1, 0.15) is 21.5 Å². The van der Waals surface area contributed by atoms with Gasteiger partial charge in [0, 0.05) is 43.8 Å². The highest BCUT2D eigenvalue weighted by Crippen LogP contribution is 2.33. The molecule has 206 valence electrons. The third kappa shape index (κ3) is 5.17. The van der Waals surface area contributed by atoms with Crippen molar-refractivity contribution in [3.05, 3.63) is 77.5 Å². The molecular weight excluding hydrogens is 521 g/mol. The predicted octanol–water partition coefficient (Wildman–Crippen LogP) is 5.07. The Hall–Kier alpha value is -4.58. The van der Waals surface area contributed by atoms with Gasteiger partial charge in [0.25, 0.3) is 5.91 Å². The molecule has 5 aromatic rings. The number of imidazole rings is 1.